The number of hydrogen-bond acceptors (Lipinski definition) is 5. The van der Waals surface area contributed by atoms with Crippen LogP contribution in [0, 0.1) is 6.92 Å². The zero-order chi connectivity index (χ0) is 12.3. The van der Waals surface area contributed by atoms with Gasteiger partial charge in [-0.2, -0.15) is 4.98 Å². The van der Waals surface area contributed by atoms with Gasteiger partial charge < -0.3 is 9.26 Å². The molecule has 0 N–H and O–H groups in total. The van der Waals surface area contributed by atoms with Gasteiger partial charge in [-0.3, -0.25) is 0 Å². The van der Waals surface area contributed by atoms with Crippen molar-refractivity contribution in [1.82, 2.24) is 10.1 Å². The van der Waals surface area contributed by atoms with Gasteiger partial charge in [0.2, 0.25) is 0 Å². The van der Waals surface area contributed by atoms with Gasteiger partial charge in [0.1, 0.15) is 0 Å². The van der Waals surface area contributed by atoms with Crippen LogP contribution in [0.25, 0.3) is 0 Å². The average Bonchev–Trinajstić information content (AvgIpc) is 2.80. The molecule has 0 spiro atoms. The molecule has 0 radical (unpaired) electrons. The van der Waals surface area contributed by atoms with Gasteiger partial charge in [-0.1, -0.05) is 29.4 Å². The van der Waals surface area contributed by atoms with Gasteiger partial charge in [-0.05, 0) is 18.1 Å². The summed E-state index contributed by atoms with van der Waals surface area (Å²) in [5.74, 6) is -0.260. The lowest BCUT2D eigenvalue weighted by molar-refractivity contribution is 0.0545. The number of methoxy groups -OCH3 is 1. The second-order valence-corrected chi connectivity index (χ2v) is 3.61. The molecule has 0 aliphatic carbocycles. The number of carbonyl (C=O) groups excluding carboxylic acids is 1. The molecule has 88 valence electrons. The lowest BCUT2D eigenvalue weighted by Crippen LogP contribution is -2.01. The number of esters is 1. The zero-order valence-electron chi connectivity index (χ0n) is 9.64. The molecular weight excluding hydrogens is 220 g/mol. The minimum absolute atomic E-state index is 0.115. The van der Waals surface area contributed by atoms with E-state index in [2.05, 4.69) is 14.9 Å². The summed E-state index contributed by atoms with van der Waals surface area (Å²) >= 11 is 0. The van der Waals surface area contributed by atoms with Crippen molar-refractivity contribution < 1.29 is 14.1 Å². The molecule has 1 heterocycles. The number of ether oxygens (including phenoxy) is 1. The smallest absolute Gasteiger partial charge is 0.397 e. The Labute approximate surface area is 98.4 Å². The Morgan fingerprint density at radius 3 is 2.88 bits per heavy atom. The van der Waals surface area contributed by atoms with Crippen molar-refractivity contribution >= 4 is 5.97 Å². The van der Waals surface area contributed by atoms with Gasteiger partial charge in [-0.15, -0.1) is 0 Å². The summed E-state index contributed by atoms with van der Waals surface area (Å²) in [5.41, 5.74) is 2.25. The normalized spacial score (nSPS) is 10.2. The van der Waals surface area contributed by atoms with E-state index in [1.807, 2.05) is 31.2 Å². The van der Waals surface area contributed by atoms with E-state index < -0.39 is 5.97 Å². The largest absolute Gasteiger partial charge is 0.462 e. The minimum Gasteiger partial charge on any atom is -0.462 e. The van der Waals surface area contributed by atoms with E-state index in [9.17, 15) is 4.79 Å². The van der Waals surface area contributed by atoms with Gasteiger partial charge in [0.15, 0.2) is 5.82 Å². The van der Waals surface area contributed by atoms with Crippen LogP contribution in [0.2, 0.25) is 0 Å². The van der Waals surface area contributed by atoms with Crippen LogP contribution in [0.1, 0.15) is 27.6 Å². The topological polar surface area (TPSA) is 65.2 Å². The molecule has 0 aliphatic heterocycles. The minimum atomic E-state index is -0.617. The number of rotatable bonds is 3. The fraction of sp³-hybridized carbons (Fsp3) is 0.250. The molecule has 0 saturated heterocycles. The summed E-state index contributed by atoms with van der Waals surface area (Å²) in [6, 6.07) is 7.92. The van der Waals surface area contributed by atoms with Gasteiger partial charge in [0.05, 0.1) is 7.11 Å². The first-order valence-corrected chi connectivity index (χ1v) is 5.16. The van der Waals surface area contributed by atoms with E-state index >= 15 is 0 Å². The number of benzene rings is 1. The van der Waals surface area contributed by atoms with Crippen LogP contribution in [0.3, 0.4) is 0 Å². The molecule has 2 aromatic rings. The fourth-order valence-electron chi connectivity index (χ4n) is 1.47. The molecule has 2 rings (SSSR count). The number of nitrogens with zero attached hydrogens (tertiary/aromatic N) is 2. The van der Waals surface area contributed by atoms with Crippen molar-refractivity contribution in [3.05, 3.63) is 47.1 Å². The van der Waals surface area contributed by atoms with Crippen LogP contribution in [-0.2, 0) is 11.2 Å². The van der Waals surface area contributed by atoms with E-state index in [-0.39, 0.29) is 5.89 Å². The van der Waals surface area contributed by atoms with Crippen molar-refractivity contribution in [2.24, 2.45) is 0 Å². The van der Waals surface area contributed by atoms with Crippen LogP contribution in [-0.4, -0.2) is 23.2 Å². The summed E-state index contributed by atoms with van der Waals surface area (Å²) < 4.78 is 9.28. The maximum Gasteiger partial charge on any atom is 0.397 e. The highest BCUT2D eigenvalue weighted by atomic mass is 16.6. The number of aryl methyl sites for hydroxylation is 1. The Bertz CT molecular complexity index is 534. The molecular formula is C12H12N2O3. The SMILES string of the molecule is COC(=O)c1nc(Cc2ccccc2C)no1. The van der Waals surface area contributed by atoms with Gasteiger partial charge in [0, 0.05) is 6.42 Å². The molecule has 0 atom stereocenters. The standard InChI is InChI=1S/C12H12N2O3/c1-8-5-3-4-6-9(8)7-10-13-11(17-14-10)12(15)16-2/h3-6H,7H2,1-2H3. The Morgan fingerprint density at radius 1 is 1.41 bits per heavy atom. The van der Waals surface area contributed by atoms with Crippen LogP contribution in [0.4, 0.5) is 0 Å². The van der Waals surface area contributed by atoms with E-state index in [1.165, 1.54) is 7.11 Å². The highest BCUT2D eigenvalue weighted by molar-refractivity contribution is 5.83. The maximum atomic E-state index is 11.1. The second-order valence-electron chi connectivity index (χ2n) is 3.61. The van der Waals surface area contributed by atoms with Crippen molar-refractivity contribution in [2.75, 3.05) is 7.11 Å². The first-order chi connectivity index (χ1) is 8.20. The third kappa shape index (κ3) is 2.50. The number of hydrogen-bond donors (Lipinski definition) is 0. The van der Waals surface area contributed by atoms with Crippen molar-refractivity contribution in [2.45, 2.75) is 13.3 Å². The van der Waals surface area contributed by atoms with E-state index in [0.29, 0.717) is 12.2 Å². The molecule has 0 saturated carbocycles. The summed E-state index contributed by atoms with van der Waals surface area (Å²) in [5, 5.41) is 3.73. The molecule has 17 heavy (non-hydrogen) atoms. The molecule has 0 amide bonds. The Balaban J connectivity index is 2.17. The van der Waals surface area contributed by atoms with E-state index in [4.69, 9.17) is 4.52 Å². The molecule has 0 fully saturated rings. The molecule has 5 nitrogen and oxygen atoms in total. The zero-order valence-corrected chi connectivity index (χ0v) is 9.64. The van der Waals surface area contributed by atoms with Crippen molar-refractivity contribution in [3.63, 3.8) is 0 Å². The number of aromatic nitrogens is 2. The van der Waals surface area contributed by atoms with E-state index in [0.717, 1.165) is 11.1 Å². The van der Waals surface area contributed by atoms with Gasteiger partial charge in [-0.25, -0.2) is 4.79 Å². The summed E-state index contributed by atoms with van der Waals surface area (Å²) in [4.78, 5) is 15.1. The van der Waals surface area contributed by atoms with Crippen LogP contribution in [0.15, 0.2) is 28.8 Å². The lowest BCUT2D eigenvalue weighted by atomic mass is 10.1. The average molecular weight is 232 g/mol. The van der Waals surface area contributed by atoms with Crippen LogP contribution >= 0.6 is 0 Å². The molecule has 0 unspecified atom stereocenters. The van der Waals surface area contributed by atoms with Crippen molar-refractivity contribution in [3.8, 4) is 0 Å². The monoisotopic (exact) mass is 232 g/mol. The summed E-state index contributed by atoms with van der Waals surface area (Å²) in [6.07, 6.45) is 0.535. The summed E-state index contributed by atoms with van der Waals surface area (Å²) in [7, 11) is 1.27. The Hall–Kier alpha value is -2.17. The third-order valence-electron chi connectivity index (χ3n) is 2.44. The van der Waals surface area contributed by atoms with Gasteiger partial charge in [0.25, 0.3) is 0 Å². The lowest BCUT2D eigenvalue weighted by Gasteiger charge is -2.00. The predicted octanol–water partition coefficient (Wildman–Crippen LogP) is 1.76. The molecule has 5 heteroatoms. The fourth-order valence-corrected chi connectivity index (χ4v) is 1.47. The summed E-state index contributed by atoms with van der Waals surface area (Å²) in [6.45, 7) is 2.01. The highest BCUT2D eigenvalue weighted by Crippen LogP contribution is 2.11. The van der Waals surface area contributed by atoms with Gasteiger partial charge >= 0.3 is 11.9 Å². The molecule has 1 aromatic carbocycles. The number of carbonyl (C=O) groups is 1. The first kappa shape index (κ1) is 11.3. The molecule has 1 aromatic heterocycles. The predicted molar refractivity (Wildman–Crippen MR) is 59.6 cm³/mol. The Morgan fingerprint density at radius 2 is 2.18 bits per heavy atom. The first-order valence-electron chi connectivity index (χ1n) is 5.16. The highest BCUT2D eigenvalue weighted by Gasteiger charge is 2.15. The maximum absolute atomic E-state index is 11.1. The van der Waals surface area contributed by atoms with Crippen LogP contribution in [0.5, 0.6) is 0 Å². The second kappa shape index (κ2) is 4.78. The van der Waals surface area contributed by atoms with E-state index in [1.54, 1.807) is 0 Å². The molecule has 0 bridgehead atoms. The third-order valence-corrected chi connectivity index (χ3v) is 2.44. The molecule has 0 aliphatic rings. The van der Waals surface area contributed by atoms with Crippen molar-refractivity contribution in [1.29, 1.82) is 0 Å². The quantitative estimate of drug-likeness (QED) is 0.754. The van der Waals surface area contributed by atoms with Crippen LogP contribution < -0.4 is 0 Å². The Kier molecular flexibility index (Phi) is 3.18.